The number of nitrogens with one attached hydrogen (secondary N) is 1. The van der Waals surface area contributed by atoms with Crippen molar-refractivity contribution >= 4 is 17.4 Å². The van der Waals surface area contributed by atoms with E-state index in [0.29, 0.717) is 23.9 Å². The Morgan fingerprint density at radius 1 is 1.53 bits per heavy atom. The van der Waals surface area contributed by atoms with Crippen LogP contribution in [-0.2, 0) is 4.79 Å². The van der Waals surface area contributed by atoms with E-state index in [4.69, 9.17) is 10.5 Å². The first-order chi connectivity index (χ1) is 8.97. The van der Waals surface area contributed by atoms with E-state index in [1.165, 1.54) is 7.11 Å². The first kappa shape index (κ1) is 15.1. The van der Waals surface area contributed by atoms with Gasteiger partial charge in [-0.3, -0.25) is 4.79 Å². The molecule has 19 heavy (non-hydrogen) atoms. The molecule has 1 aromatic heterocycles. The van der Waals surface area contributed by atoms with Crippen molar-refractivity contribution in [3.8, 4) is 5.88 Å². The van der Waals surface area contributed by atoms with Gasteiger partial charge in [-0.2, -0.15) is 4.98 Å². The van der Waals surface area contributed by atoms with Crippen LogP contribution in [0.4, 0.5) is 11.5 Å². The average Bonchev–Trinajstić information content (AvgIpc) is 2.36. The fourth-order valence-electron chi connectivity index (χ4n) is 1.68. The second-order valence-electron chi connectivity index (χ2n) is 4.50. The molecule has 0 aliphatic rings. The zero-order valence-corrected chi connectivity index (χ0v) is 11.9. The standard InChI is InChI=1S/C13H22N4O2/c1-5-17(8-12(18)15-9(2)3)11-7-6-10(14)13(16-11)19-4/h6-7,9H,5,8,14H2,1-4H3,(H,15,18). The molecule has 3 N–H and O–H groups in total. The molecule has 1 amide bonds. The van der Waals surface area contributed by atoms with Crippen LogP contribution in [0.15, 0.2) is 12.1 Å². The number of likely N-dealkylation sites (N-methyl/N-ethyl adjacent to an activating group) is 1. The number of anilines is 2. The maximum Gasteiger partial charge on any atom is 0.239 e. The highest BCUT2D eigenvalue weighted by molar-refractivity contribution is 5.81. The SMILES string of the molecule is CCN(CC(=O)NC(C)C)c1ccc(N)c(OC)n1. The molecule has 0 bridgehead atoms. The Hall–Kier alpha value is -1.98. The molecule has 0 aromatic carbocycles. The monoisotopic (exact) mass is 266 g/mol. The van der Waals surface area contributed by atoms with Crippen LogP contribution in [-0.4, -0.2) is 37.1 Å². The summed E-state index contributed by atoms with van der Waals surface area (Å²) in [6.45, 7) is 6.75. The summed E-state index contributed by atoms with van der Waals surface area (Å²) in [6.07, 6.45) is 0. The number of nitrogens with zero attached hydrogens (tertiary/aromatic N) is 2. The Kier molecular flexibility index (Phi) is 5.41. The number of hydrogen-bond donors (Lipinski definition) is 2. The number of amides is 1. The Morgan fingerprint density at radius 3 is 2.74 bits per heavy atom. The topological polar surface area (TPSA) is 80.5 Å². The zero-order chi connectivity index (χ0) is 14.4. The smallest absolute Gasteiger partial charge is 0.239 e. The van der Waals surface area contributed by atoms with Crippen LogP contribution in [0.1, 0.15) is 20.8 Å². The minimum atomic E-state index is -0.0329. The van der Waals surface area contributed by atoms with E-state index in [9.17, 15) is 4.79 Å². The van der Waals surface area contributed by atoms with E-state index in [1.807, 2.05) is 25.7 Å². The van der Waals surface area contributed by atoms with Crippen LogP contribution in [0, 0.1) is 0 Å². The van der Waals surface area contributed by atoms with Crippen LogP contribution >= 0.6 is 0 Å². The van der Waals surface area contributed by atoms with Crippen LogP contribution in [0.2, 0.25) is 0 Å². The maximum atomic E-state index is 11.8. The quantitative estimate of drug-likeness (QED) is 0.803. The average molecular weight is 266 g/mol. The molecule has 0 fully saturated rings. The zero-order valence-electron chi connectivity index (χ0n) is 11.9. The number of methoxy groups -OCH3 is 1. The third kappa shape index (κ3) is 4.31. The lowest BCUT2D eigenvalue weighted by atomic mass is 10.3. The Morgan fingerprint density at radius 2 is 2.21 bits per heavy atom. The summed E-state index contributed by atoms with van der Waals surface area (Å²) < 4.78 is 5.09. The predicted octanol–water partition coefficient (Wildman–Crippen LogP) is 1.02. The number of pyridine rings is 1. The molecule has 6 nitrogen and oxygen atoms in total. The maximum absolute atomic E-state index is 11.8. The predicted molar refractivity (Wildman–Crippen MR) is 76.4 cm³/mol. The summed E-state index contributed by atoms with van der Waals surface area (Å²) in [5.74, 6) is 1.02. The van der Waals surface area contributed by atoms with Gasteiger partial charge in [0, 0.05) is 12.6 Å². The van der Waals surface area contributed by atoms with Crippen LogP contribution in [0.25, 0.3) is 0 Å². The highest BCUT2D eigenvalue weighted by Crippen LogP contribution is 2.22. The lowest BCUT2D eigenvalue weighted by Gasteiger charge is -2.22. The number of carbonyl (C=O) groups excluding carboxylic acids is 1. The largest absolute Gasteiger partial charge is 0.479 e. The Balaban J connectivity index is 2.82. The highest BCUT2D eigenvalue weighted by atomic mass is 16.5. The van der Waals surface area contributed by atoms with Crippen molar-refractivity contribution in [2.75, 3.05) is 30.8 Å². The van der Waals surface area contributed by atoms with Crippen LogP contribution in [0.5, 0.6) is 5.88 Å². The highest BCUT2D eigenvalue weighted by Gasteiger charge is 2.13. The number of hydrogen-bond acceptors (Lipinski definition) is 5. The fraction of sp³-hybridized carbons (Fsp3) is 0.538. The second-order valence-corrected chi connectivity index (χ2v) is 4.50. The van der Waals surface area contributed by atoms with Gasteiger partial charge in [0.05, 0.1) is 19.3 Å². The van der Waals surface area contributed by atoms with Gasteiger partial charge in [0.2, 0.25) is 11.8 Å². The van der Waals surface area contributed by atoms with Gasteiger partial charge in [-0.15, -0.1) is 0 Å². The first-order valence-electron chi connectivity index (χ1n) is 6.32. The number of rotatable bonds is 6. The van der Waals surface area contributed by atoms with Crippen molar-refractivity contribution in [1.29, 1.82) is 0 Å². The van der Waals surface area contributed by atoms with E-state index in [-0.39, 0.29) is 18.5 Å². The number of nitrogen functional groups attached to an aromatic ring is 1. The van der Waals surface area contributed by atoms with Gasteiger partial charge in [0.25, 0.3) is 0 Å². The van der Waals surface area contributed by atoms with Gasteiger partial charge < -0.3 is 20.7 Å². The molecule has 106 valence electrons. The number of nitrogens with two attached hydrogens (primary N) is 1. The third-order valence-corrected chi connectivity index (χ3v) is 2.56. The number of aromatic nitrogens is 1. The van der Waals surface area contributed by atoms with E-state index >= 15 is 0 Å². The first-order valence-corrected chi connectivity index (χ1v) is 6.32. The van der Waals surface area contributed by atoms with Crippen molar-refractivity contribution < 1.29 is 9.53 Å². The van der Waals surface area contributed by atoms with Gasteiger partial charge in [-0.1, -0.05) is 0 Å². The molecule has 1 heterocycles. The van der Waals surface area contributed by atoms with E-state index in [2.05, 4.69) is 10.3 Å². The van der Waals surface area contributed by atoms with Crippen LogP contribution < -0.4 is 20.7 Å². The van der Waals surface area contributed by atoms with Crippen molar-refractivity contribution in [2.24, 2.45) is 0 Å². The molecule has 0 atom stereocenters. The molecular weight excluding hydrogens is 244 g/mol. The fourth-order valence-corrected chi connectivity index (χ4v) is 1.68. The number of ether oxygens (including phenoxy) is 1. The second kappa shape index (κ2) is 6.82. The molecular formula is C13H22N4O2. The summed E-state index contributed by atoms with van der Waals surface area (Å²) in [5.41, 5.74) is 6.20. The van der Waals surface area contributed by atoms with Crippen LogP contribution in [0.3, 0.4) is 0 Å². The van der Waals surface area contributed by atoms with Gasteiger partial charge in [0.15, 0.2) is 0 Å². The molecule has 1 aromatic rings. The molecule has 0 saturated heterocycles. The van der Waals surface area contributed by atoms with E-state index in [0.717, 1.165) is 0 Å². The summed E-state index contributed by atoms with van der Waals surface area (Å²) in [7, 11) is 1.52. The van der Waals surface area contributed by atoms with Crippen molar-refractivity contribution in [1.82, 2.24) is 10.3 Å². The molecule has 6 heteroatoms. The lowest BCUT2D eigenvalue weighted by molar-refractivity contribution is -0.120. The van der Waals surface area contributed by atoms with Gasteiger partial charge in [0.1, 0.15) is 5.82 Å². The Bertz CT molecular complexity index is 435. The summed E-state index contributed by atoms with van der Waals surface area (Å²) in [6, 6.07) is 3.63. The molecule has 0 radical (unpaired) electrons. The number of carbonyl (C=O) groups is 1. The third-order valence-electron chi connectivity index (χ3n) is 2.56. The summed E-state index contributed by atoms with van der Waals surface area (Å²) in [4.78, 5) is 17.9. The van der Waals surface area contributed by atoms with Gasteiger partial charge in [-0.05, 0) is 32.9 Å². The molecule has 1 rings (SSSR count). The van der Waals surface area contributed by atoms with E-state index < -0.39 is 0 Å². The minimum absolute atomic E-state index is 0.0329. The van der Waals surface area contributed by atoms with Gasteiger partial charge in [-0.25, -0.2) is 0 Å². The lowest BCUT2D eigenvalue weighted by Crippen LogP contribution is -2.40. The molecule has 0 aliphatic heterocycles. The van der Waals surface area contributed by atoms with Gasteiger partial charge >= 0.3 is 0 Å². The summed E-state index contributed by atoms with van der Waals surface area (Å²) >= 11 is 0. The minimum Gasteiger partial charge on any atom is -0.479 e. The summed E-state index contributed by atoms with van der Waals surface area (Å²) in [5, 5.41) is 2.85. The van der Waals surface area contributed by atoms with Crippen molar-refractivity contribution in [2.45, 2.75) is 26.8 Å². The van der Waals surface area contributed by atoms with Crippen molar-refractivity contribution in [3.63, 3.8) is 0 Å². The Labute approximate surface area is 113 Å². The van der Waals surface area contributed by atoms with E-state index in [1.54, 1.807) is 12.1 Å². The normalized spacial score (nSPS) is 10.4. The molecule has 0 spiro atoms. The van der Waals surface area contributed by atoms with Crippen molar-refractivity contribution in [3.05, 3.63) is 12.1 Å². The molecule has 0 unspecified atom stereocenters. The molecule has 0 aliphatic carbocycles. The molecule has 0 saturated carbocycles.